The van der Waals surface area contributed by atoms with Crippen LogP contribution >= 0.6 is 0 Å². The van der Waals surface area contributed by atoms with Gasteiger partial charge < -0.3 is 28.4 Å². The lowest BCUT2D eigenvalue weighted by Gasteiger charge is -2.25. The van der Waals surface area contributed by atoms with Crippen LogP contribution < -0.4 is 18.9 Å². The number of ether oxygens (including phenoxy) is 6. The van der Waals surface area contributed by atoms with Crippen molar-refractivity contribution in [1.82, 2.24) is 0 Å². The maximum absolute atomic E-state index is 12.8. The van der Waals surface area contributed by atoms with Gasteiger partial charge in [0, 0.05) is 13.8 Å². The third-order valence-corrected chi connectivity index (χ3v) is 6.99. The summed E-state index contributed by atoms with van der Waals surface area (Å²) in [6, 6.07) is 24.9. The first-order valence-electron chi connectivity index (χ1n) is 16.1. The van der Waals surface area contributed by atoms with Gasteiger partial charge in [-0.1, -0.05) is 26.7 Å². The minimum atomic E-state index is -1.62. The van der Waals surface area contributed by atoms with Gasteiger partial charge in [0.1, 0.15) is 23.0 Å². The van der Waals surface area contributed by atoms with E-state index in [1.54, 1.807) is 48.5 Å². The summed E-state index contributed by atoms with van der Waals surface area (Å²) < 4.78 is 32.9. The molecule has 0 atom stereocenters. The average Bonchev–Trinajstić information content (AvgIpc) is 3.09. The van der Waals surface area contributed by atoms with Crippen molar-refractivity contribution in [2.75, 3.05) is 13.2 Å². The van der Waals surface area contributed by atoms with E-state index < -0.39 is 29.7 Å². The second-order valence-corrected chi connectivity index (χ2v) is 11.5. The summed E-state index contributed by atoms with van der Waals surface area (Å²) in [6.07, 6.45) is 3.94. The SMILES string of the molecule is CCCCOc1ccc(C(=O)Oc2ccc(C(=O)OC(C)(C)OC(=O)c3ccc(OC(=O)c4ccc(OCCCC)cc4)cc3)cc2)cc1. The first-order valence-corrected chi connectivity index (χ1v) is 16.1. The van der Waals surface area contributed by atoms with E-state index in [-0.39, 0.29) is 22.6 Å². The van der Waals surface area contributed by atoms with Crippen LogP contribution in [0.4, 0.5) is 0 Å². The van der Waals surface area contributed by atoms with E-state index in [4.69, 9.17) is 28.4 Å². The molecule has 0 heterocycles. The van der Waals surface area contributed by atoms with Crippen molar-refractivity contribution in [2.45, 2.75) is 59.2 Å². The van der Waals surface area contributed by atoms with Gasteiger partial charge in [0.25, 0.3) is 5.79 Å². The lowest BCUT2D eigenvalue weighted by Crippen LogP contribution is -2.34. The molecule has 0 aliphatic rings. The molecule has 256 valence electrons. The molecule has 10 nitrogen and oxygen atoms in total. The molecule has 0 bridgehead atoms. The highest BCUT2D eigenvalue weighted by Gasteiger charge is 2.29. The van der Waals surface area contributed by atoms with Gasteiger partial charge in [-0.15, -0.1) is 0 Å². The van der Waals surface area contributed by atoms with Gasteiger partial charge in [0.05, 0.1) is 35.5 Å². The number of unbranched alkanes of at least 4 members (excludes halogenated alkanes) is 2. The zero-order valence-corrected chi connectivity index (χ0v) is 28.1. The molecule has 0 aromatic heterocycles. The molecule has 4 rings (SSSR count). The van der Waals surface area contributed by atoms with E-state index in [1.165, 1.54) is 62.4 Å². The maximum atomic E-state index is 12.8. The van der Waals surface area contributed by atoms with Gasteiger partial charge in [-0.05, 0) is 110 Å². The monoisotopic (exact) mass is 668 g/mol. The van der Waals surface area contributed by atoms with Crippen LogP contribution in [0.3, 0.4) is 0 Å². The van der Waals surface area contributed by atoms with Crippen LogP contribution in [0.1, 0.15) is 94.8 Å². The Kier molecular flexibility index (Phi) is 12.9. The standard InChI is InChI=1S/C39H40O10/c1-5-7-25-44-31-17-9-27(10-18-31)35(40)46-33-21-13-29(14-22-33)37(42)48-39(3,4)49-38(43)30-15-23-34(24-16-30)47-36(41)28-11-19-32(20-12-28)45-26-8-6-2/h9-24H,5-8,25-26H2,1-4H3. The molecule has 0 aliphatic heterocycles. The molecule has 0 aliphatic carbocycles. The fraction of sp³-hybridized carbons (Fsp3) is 0.282. The van der Waals surface area contributed by atoms with Crippen LogP contribution in [0.2, 0.25) is 0 Å². The molecule has 0 fully saturated rings. The van der Waals surface area contributed by atoms with Gasteiger partial charge in [-0.3, -0.25) is 0 Å². The lowest BCUT2D eigenvalue weighted by molar-refractivity contribution is -0.143. The Labute approximate surface area is 285 Å². The number of carbonyl (C=O) groups is 4. The second-order valence-electron chi connectivity index (χ2n) is 11.5. The van der Waals surface area contributed by atoms with Crippen molar-refractivity contribution in [3.63, 3.8) is 0 Å². The highest BCUT2D eigenvalue weighted by Crippen LogP contribution is 2.22. The third kappa shape index (κ3) is 11.2. The molecule has 4 aromatic carbocycles. The van der Waals surface area contributed by atoms with E-state index >= 15 is 0 Å². The molecule has 10 heteroatoms. The molecule has 4 aromatic rings. The van der Waals surface area contributed by atoms with E-state index in [1.807, 2.05) is 0 Å². The molecule has 0 saturated heterocycles. The van der Waals surface area contributed by atoms with E-state index in [0.29, 0.717) is 35.8 Å². The van der Waals surface area contributed by atoms with Crippen molar-refractivity contribution in [2.24, 2.45) is 0 Å². The highest BCUT2D eigenvalue weighted by atomic mass is 16.7. The van der Waals surface area contributed by atoms with E-state index in [9.17, 15) is 19.2 Å². The maximum Gasteiger partial charge on any atom is 0.343 e. The Morgan fingerprint density at radius 1 is 0.449 bits per heavy atom. The largest absolute Gasteiger partial charge is 0.494 e. The number of hydrogen-bond acceptors (Lipinski definition) is 10. The summed E-state index contributed by atoms with van der Waals surface area (Å²) in [7, 11) is 0. The van der Waals surface area contributed by atoms with Crippen LogP contribution in [0.5, 0.6) is 23.0 Å². The Hall–Kier alpha value is -5.64. The summed E-state index contributed by atoms with van der Waals surface area (Å²) in [6.45, 7) is 8.22. The molecular weight excluding hydrogens is 628 g/mol. The first-order chi connectivity index (χ1) is 23.6. The normalized spacial score (nSPS) is 10.9. The summed E-state index contributed by atoms with van der Waals surface area (Å²) in [4.78, 5) is 50.7. The van der Waals surface area contributed by atoms with E-state index in [2.05, 4.69) is 13.8 Å². The Morgan fingerprint density at radius 3 is 1.04 bits per heavy atom. The van der Waals surface area contributed by atoms with Crippen LogP contribution in [0.15, 0.2) is 97.1 Å². The molecule has 0 amide bonds. The van der Waals surface area contributed by atoms with Gasteiger partial charge >= 0.3 is 23.9 Å². The van der Waals surface area contributed by atoms with Crippen LogP contribution in [-0.2, 0) is 9.47 Å². The topological polar surface area (TPSA) is 124 Å². The van der Waals surface area contributed by atoms with Crippen molar-refractivity contribution < 1.29 is 47.6 Å². The summed E-state index contributed by atoms with van der Waals surface area (Å²) >= 11 is 0. The van der Waals surface area contributed by atoms with Crippen LogP contribution in [-0.4, -0.2) is 42.9 Å². The fourth-order valence-electron chi connectivity index (χ4n) is 4.28. The van der Waals surface area contributed by atoms with Crippen molar-refractivity contribution in [1.29, 1.82) is 0 Å². The molecule has 0 spiro atoms. The summed E-state index contributed by atoms with van der Waals surface area (Å²) in [5.74, 6) is -2.45. The zero-order valence-electron chi connectivity index (χ0n) is 28.1. The molecular formula is C39H40O10. The number of rotatable bonds is 16. The van der Waals surface area contributed by atoms with Gasteiger partial charge in [-0.2, -0.15) is 0 Å². The average molecular weight is 669 g/mol. The minimum Gasteiger partial charge on any atom is -0.494 e. The van der Waals surface area contributed by atoms with Crippen molar-refractivity contribution >= 4 is 23.9 Å². The zero-order chi connectivity index (χ0) is 35.2. The smallest absolute Gasteiger partial charge is 0.343 e. The van der Waals surface area contributed by atoms with Crippen LogP contribution in [0, 0.1) is 0 Å². The van der Waals surface area contributed by atoms with Gasteiger partial charge in [-0.25, -0.2) is 19.2 Å². The molecule has 0 radical (unpaired) electrons. The first kappa shape index (κ1) is 36.2. The molecule has 0 N–H and O–H groups in total. The van der Waals surface area contributed by atoms with Gasteiger partial charge in [0.2, 0.25) is 0 Å². The predicted molar refractivity (Wildman–Crippen MR) is 181 cm³/mol. The second kappa shape index (κ2) is 17.5. The number of esters is 4. The molecule has 0 saturated carbocycles. The van der Waals surface area contributed by atoms with Gasteiger partial charge in [0.15, 0.2) is 0 Å². The quantitative estimate of drug-likeness (QED) is 0.0499. The lowest BCUT2D eigenvalue weighted by atomic mass is 10.2. The minimum absolute atomic E-state index is 0.155. The fourth-order valence-corrected chi connectivity index (χ4v) is 4.28. The Bertz CT molecular complexity index is 1560. The predicted octanol–water partition coefficient (Wildman–Crippen LogP) is 8.23. The van der Waals surface area contributed by atoms with Crippen molar-refractivity contribution in [3.8, 4) is 23.0 Å². The van der Waals surface area contributed by atoms with Crippen molar-refractivity contribution in [3.05, 3.63) is 119 Å². The summed E-state index contributed by atoms with van der Waals surface area (Å²) in [5.41, 5.74) is 1.00. The Morgan fingerprint density at radius 2 is 0.735 bits per heavy atom. The number of benzene rings is 4. The number of carbonyl (C=O) groups excluding carboxylic acids is 4. The molecule has 0 unspecified atom stereocenters. The molecule has 49 heavy (non-hydrogen) atoms. The Balaban J connectivity index is 1.25. The highest BCUT2D eigenvalue weighted by molar-refractivity contribution is 5.93. The number of hydrogen-bond donors (Lipinski definition) is 0. The third-order valence-electron chi connectivity index (χ3n) is 6.99. The van der Waals surface area contributed by atoms with E-state index in [0.717, 1.165) is 25.7 Å². The summed E-state index contributed by atoms with van der Waals surface area (Å²) in [5, 5.41) is 0. The van der Waals surface area contributed by atoms with Crippen LogP contribution in [0.25, 0.3) is 0 Å².